The van der Waals surface area contributed by atoms with Crippen molar-refractivity contribution in [3.63, 3.8) is 0 Å². The number of rotatable bonds is 4. The first kappa shape index (κ1) is 13.1. The van der Waals surface area contributed by atoms with Crippen molar-refractivity contribution >= 4 is 17.8 Å². The summed E-state index contributed by atoms with van der Waals surface area (Å²) in [5.41, 5.74) is 0. The number of aliphatic carboxylic acids is 1. The highest BCUT2D eigenvalue weighted by Gasteiger charge is 2.51. The molecule has 1 aliphatic carbocycles. The van der Waals surface area contributed by atoms with Crippen LogP contribution in [0.3, 0.4) is 0 Å². The summed E-state index contributed by atoms with van der Waals surface area (Å²) >= 11 is 0. The van der Waals surface area contributed by atoms with Crippen LogP contribution in [-0.4, -0.2) is 34.3 Å². The van der Waals surface area contributed by atoms with Crippen LogP contribution in [0, 0.1) is 23.7 Å². The minimum absolute atomic E-state index is 0.0908. The van der Waals surface area contributed by atoms with Gasteiger partial charge in [0.25, 0.3) is 0 Å². The SMILES string of the molecule is CC1CC2C(=O)N(CCC(C)C(=O)O)C(=O)C2C1. The van der Waals surface area contributed by atoms with Crippen molar-refractivity contribution in [1.82, 2.24) is 4.90 Å². The van der Waals surface area contributed by atoms with Crippen LogP contribution >= 0.6 is 0 Å². The maximum Gasteiger partial charge on any atom is 0.306 e. The summed E-state index contributed by atoms with van der Waals surface area (Å²) in [4.78, 5) is 36.2. The highest BCUT2D eigenvalue weighted by Crippen LogP contribution is 2.42. The fraction of sp³-hybridized carbons (Fsp3) is 0.769. The highest BCUT2D eigenvalue weighted by atomic mass is 16.4. The van der Waals surface area contributed by atoms with Crippen LogP contribution in [0.5, 0.6) is 0 Å². The lowest BCUT2D eigenvalue weighted by atomic mass is 10.00. The van der Waals surface area contributed by atoms with Gasteiger partial charge < -0.3 is 5.11 Å². The average molecular weight is 253 g/mol. The highest BCUT2D eigenvalue weighted by molar-refractivity contribution is 6.05. The van der Waals surface area contributed by atoms with Crippen LogP contribution in [0.4, 0.5) is 0 Å². The van der Waals surface area contributed by atoms with E-state index in [0.29, 0.717) is 12.3 Å². The van der Waals surface area contributed by atoms with Crippen LogP contribution in [0.25, 0.3) is 0 Å². The predicted molar refractivity (Wildman–Crippen MR) is 63.5 cm³/mol. The lowest BCUT2D eigenvalue weighted by molar-refractivity contribution is -0.145. The third kappa shape index (κ3) is 2.13. The van der Waals surface area contributed by atoms with Gasteiger partial charge in [-0.3, -0.25) is 19.3 Å². The number of nitrogens with zero attached hydrogens (tertiary/aromatic N) is 1. The van der Waals surface area contributed by atoms with Gasteiger partial charge in [-0.2, -0.15) is 0 Å². The molecular weight excluding hydrogens is 234 g/mol. The Morgan fingerprint density at radius 3 is 2.28 bits per heavy atom. The van der Waals surface area contributed by atoms with E-state index >= 15 is 0 Å². The van der Waals surface area contributed by atoms with Gasteiger partial charge >= 0.3 is 5.97 Å². The van der Waals surface area contributed by atoms with Gasteiger partial charge in [-0.05, 0) is 25.2 Å². The summed E-state index contributed by atoms with van der Waals surface area (Å²) in [5, 5.41) is 8.80. The van der Waals surface area contributed by atoms with Gasteiger partial charge in [-0.25, -0.2) is 0 Å². The number of fused-ring (bicyclic) bond motifs is 1. The predicted octanol–water partition coefficient (Wildman–Crippen LogP) is 1.13. The molecule has 5 heteroatoms. The van der Waals surface area contributed by atoms with Gasteiger partial charge in [-0.15, -0.1) is 0 Å². The lowest BCUT2D eigenvalue weighted by Crippen LogP contribution is -2.34. The summed E-state index contributed by atoms with van der Waals surface area (Å²) in [6.07, 6.45) is 1.92. The number of likely N-dealkylation sites (tertiary alicyclic amines) is 1. The molecule has 0 aromatic carbocycles. The van der Waals surface area contributed by atoms with E-state index in [0.717, 1.165) is 12.8 Å². The molecule has 100 valence electrons. The molecule has 0 aromatic heterocycles. The number of imide groups is 1. The molecule has 18 heavy (non-hydrogen) atoms. The number of carbonyl (C=O) groups is 3. The number of hydrogen-bond acceptors (Lipinski definition) is 3. The van der Waals surface area contributed by atoms with E-state index in [9.17, 15) is 14.4 Å². The first-order valence-corrected chi connectivity index (χ1v) is 6.49. The van der Waals surface area contributed by atoms with Crippen molar-refractivity contribution in [1.29, 1.82) is 0 Å². The molecule has 0 spiro atoms. The van der Waals surface area contributed by atoms with Crippen molar-refractivity contribution < 1.29 is 19.5 Å². The molecule has 1 N–H and O–H groups in total. The molecule has 0 bridgehead atoms. The van der Waals surface area contributed by atoms with E-state index in [2.05, 4.69) is 6.92 Å². The minimum Gasteiger partial charge on any atom is -0.481 e. The molecule has 2 rings (SSSR count). The van der Waals surface area contributed by atoms with Gasteiger partial charge in [0.15, 0.2) is 0 Å². The first-order valence-electron chi connectivity index (χ1n) is 6.49. The van der Waals surface area contributed by atoms with Crippen LogP contribution in [0.2, 0.25) is 0 Å². The quantitative estimate of drug-likeness (QED) is 0.762. The summed E-state index contributed by atoms with van der Waals surface area (Å²) in [7, 11) is 0. The average Bonchev–Trinajstić information content (AvgIpc) is 2.78. The van der Waals surface area contributed by atoms with Crippen LogP contribution in [0.15, 0.2) is 0 Å². The molecule has 3 atom stereocenters. The fourth-order valence-electron chi connectivity index (χ4n) is 3.01. The van der Waals surface area contributed by atoms with Gasteiger partial charge in [0.05, 0.1) is 17.8 Å². The minimum atomic E-state index is -0.886. The van der Waals surface area contributed by atoms with E-state index in [1.165, 1.54) is 4.90 Å². The van der Waals surface area contributed by atoms with Gasteiger partial charge in [0.1, 0.15) is 0 Å². The molecule has 0 radical (unpaired) electrons. The Balaban J connectivity index is 1.97. The second kappa shape index (κ2) is 4.71. The number of carbonyl (C=O) groups excluding carboxylic acids is 2. The molecule has 2 aliphatic rings. The Bertz CT molecular complexity index is 368. The first-order chi connectivity index (χ1) is 8.41. The Hall–Kier alpha value is -1.39. The van der Waals surface area contributed by atoms with E-state index in [1.807, 2.05) is 0 Å². The van der Waals surface area contributed by atoms with Gasteiger partial charge in [-0.1, -0.05) is 13.8 Å². The van der Waals surface area contributed by atoms with Crippen molar-refractivity contribution in [2.24, 2.45) is 23.7 Å². The molecule has 0 aromatic rings. The molecule has 5 nitrogen and oxygen atoms in total. The second-order valence-corrected chi connectivity index (χ2v) is 5.65. The largest absolute Gasteiger partial charge is 0.481 e. The monoisotopic (exact) mass is 253 g/mol. The normalized spacial score (nSPS) is 32.8. The standard InChI is InChI=1S/C13H19NO4/c1-7-5-9-10(6-7)12(16)14(11(9)15)4-3-8(2)13(17)18/h7-10H,3-6H2,1-2H3,(H,17,18). The van der Waals surface area contributed by atoms with Crippen LogP contribution in [-0.2, 0) is 14.4 Å². The maximum atomic E-state index is 12.1. The summed E-state index contributed by atoms with van der Waals surface area (Å²) in [5.74, 6) is -1.44. The van der Waals surface area contributed by atoms with Crippen molar-refractivity contribution in [2.75, 3.05) is 6.54 Å². The molecule has 3 unspecified atom stereocenters. The topological polar surface area (TPSA) is 74.7 Å². The van der Waals surface area contributed by atoms with Crippen molar-refractivity contribution in [3.05, 3.63) is 0 Å². The maximum absolute atomic E-state index is 12.1. The van der Waals surface area contributed by atoms with Crippen LogP contribution < -0.4 is 0 Å². The van der Waals surface area contributed by atoms with Gasteiger partial charge in [0.2, 0.25) is 11.8 Å². The zero-order valence-corrected chi connectivity index (χ0v) is 10.8. The number of hydrogen-bond donors (Lipinski definition) is 1. The van der Waals surface area contributed by atoms with E-state index in [1.54, 1.807) is 6.92 Å². The Morgan fingerprint density at radius 1 is 1.33 bits per heavy atom. The Labute approximate surface area is 106 Å². The lowest BCUT2D eigenvalue weighted by Gasteiger charge is -2.17. The molecule has 1 aliphatic heterocycles. The zero-order valence-electron chi connectivity index (χ0n) is 10.8. The number of carboxylic acids is 1. The molecule has 1 saturated heterocycles. The Morgan fingerprint density at radius 2 is 1.83 bits per heavy atom. The molecule has 1 saturated carbocycles. The molecule has 2 amide bonds. The molecule has 1 heterocycles. The number of amides is 2. The summed E-state index contributed by atoms with van der Waals surface area (Å²) in [6.45, 7) is 3.90. The summed E-state index contributed by atoms with van der Waals surface area (Å²) in [6, 6.07) is 0. The second-order valence-electron chi connectivity index (χ2n) is 5.65. The molecular formula is C13H19NO4. The van der Waals surface area contributed by atoms with Crippen molar-refractivity contribution in [2.45, 2.75) is 33.1 Å². The molecule has 2 fully saturated rings. The third-order valence-corrected chi connectivity index (χ3v) is 4.17. The third-order valence-electron chi connectivity index (χ3n) is 4.17. The summed E-state index contributed by atoms with van der Waals surface area (Å²) < 4.78 is 0. The van der Waals surface area contributed by atoms with E-state index in [4.69, 9.17) is 5.11 Å². The Kier molecular flexibility index (Phi) is 3.41. The number of carboxylic acid groups (broad SMARTS) is 1. The van der Waals surface area contributed by atoms with E-state index < -0.39 is 11.9 Å². The van der Waals surface area contributed by atoms with Crippen molar-refractivity contribution in [3.8, 4) is 0 Å². The fourth-order valence-corrected chi connectivity index (χ4v) is 3.01. The van der Waals surface area contributed by atoms with E-state index in [-0.39, 0.29) is 30.2 Å². The zero-order chi connectivity index (χ0) is 13.4. The van der Waals surface area contributed by atoms with Gasteiger partial charge in [0, 0.05) is 6.54 Å². The van der Waals surface area contributed by atoms with Crippen LogP contribution in [0.1, 0.15) is 33.1 Å². The smallest absolute Gasteiger partial charge is 0.306 e.